The molecule has 0 radical (unpaired) electrons. The van der Waals surface area contributed by atoms with Crippen molar-refractivity contribution in [3.8, 4) is 0 Å². The topological polar surface area (TPSA) is 35.5 Å². The standard InChI is InChI=1S/C21H33FO3Si/c1-20(2,3)25-19(23)17-14-11-13-16(18(17)22)12-9-10-15-24-26(7,8)21(4,5)6/h9,11-14H,10,15H2,1-8H3/b12-9-. The van der Waals surface area contributed by atoms with Crippen molar-refractivity contribution in [2.45, 2.75) is 71.7 Å². The van der Waals surface area contributed by atoms with Crippen molar-refractivity contribution in [1.29, 1.82) is 0 Å². The molecule has 0 aliphatic heterocycles. The number of carbonyl (C=O) groups excluding carboxylic acids is 1. The zero-order chi connectivity index (χ0) is 20.2. The number of esters is 1. The molecule has 0 aromatic heterocycles. The number of benzene rings is 1. The third-order valence-electron chi connectivity index (χ3n) is 4.50. The van der Waals surface area contributed by atoms with E-state index < -0.39 is 25.7 Å². The first-order valence-corrected chi connectivity index (χ1v) is 12.0. The lowest BCUT2D eigenvalue weighted by Crippen LogP contribution is -2.40. The Kier molecular flexibility index (Phi) is 7.37. The Morgan fingerprint density at radius 3 is 2.31 bits per heavy atom. The number of hydrogen-bond donors (Lipinski definition) is 0. The summed E-state index contributed by atoms with van der Waals surface area (Å²) in [5, 5.41) is 0.171. The average Bonchev–Trinajstić information content (AvgIpc) is 2.45. The highest BCUT2D eigenvalue weighted by molar-refractivity contribution is 6.74. The maximum atomic E-state index is 14.6. The van der Waals surface area contributed by atoms with Gasteiger partial charge in [0, 0.05) is 12.2 Å². The fraction of sp³-hybridized carbons (Fsp3) is 0.571. The molecule has 26 heavy (non-hydrogen) atoms. The molecule has 1 rings (SSSR count). The molecule has 3 nitrogen and oxygen atoms in total. The quantitative estimate of drug-likeness (QED) is 0.334. The van der Waals surface area contributed by atoms with Gasteiger partial charge in [-0.15, -0.1) is 0 Å². The van der Waals surface area contributed by atoms with Crippen molar-refractivity contribution in [3.05, 3.63) is 41.2 Å². The molecule has 0 saturated carbocycles. The van der Waals surface area contributed by atoms with Crippen molar-refractivity contribution in [1.82, 2.24) is 0 Å². The minimum Gasteiger partial charge on any atom is -0.456 e. The zero-order valence-electron chi connectivity index (χ0n) is 17.4. The average molecular weight is 381 g/mol. The molecule has 0 fully saturated rings. The summed E-state index contributed by atoms with van der Waals surface area (Å²) >= 11 is 0. The Labute approximate surface area is 158 Å². The highest BCUT2D eigenvalue weighted by Gasteiger charge is 2.36. The van der Waals surface area contributed by atoms with E-state index in [4.69, 9.17) is 9.16 Å². The van der Waals surface area contributed by atoms with E-state index in [1.54, 1.807) is 39.0 Å². The van der Waals surface area contributed by atoms with Crippen molar-refractivity contribution in [2.24, 2.45) is 0 Å². The summed E-state index contributed by atoms with van der Waals surface area (Å²) in [6.07, 6.45) is 4.27. The lowest BCUT2D eigenvalue weighted by atomic mass is 10.1. The largest absolute Gasteiger partial charge is 0.456 e. The lowest BCUT2D eigenvalue weighted by Gasteiger charge is -2.36. The Morgan fingerprint density at radius 2 is 1.77 bits per heavy atom. The Hall–Kier alpha value is -1.46. The molecule has 0 amide bonds. The normalized spacial score (nSPS) is 13.3. The summed E-state index contributed by atoms with van der Waals surface area (Å²) < 4.78 is 25.9. The second-order valence-electron chi connectivity index (χ2n) is 9.01. The van der Waals surface area contributed by atoms with Crippen LogP contribution in [0.15, 0.2) is 24.3 Å². The van der Waals surface area contributed by atoms with Gasteiger partial charge < -0.3 is 9.16 Å². The molecule has 0 unspecified atom stereocenters. The van der Waals surface area contributed by atoms with E-state index in [0.717, 1.165) is 0 Å². The molecule has 5 heteroatoms. The molecule has 0 atom stereocenters. The first kappa shape index (κ1) is 22.6. The van der Waals surface area contributed by atoms with E-state index in [0.29, 0.717) is 18.6 Å². The van der Waals surface area contributed by atoms with E-state index >= 15 is 0 Å². The maximum absolute atomic E-state index is 14.6. The van der Waals surface area contributed by atoms with Crippen molar-refractivity contribution in [3.63, 3.8) is 0 Å². The first-order valence-electron chi connectivity index (χ1n) is 9.07. The fourth-order valence-corrected chi connectivity index (χ4v) is 3.04. The van der Waals surface area contributed by atoms with Gasteiger partial charge in [0.15, 0.2) is 8.32 Å². The predicted molar refractivity (Wildman–Crippen MR) is 108 cm³/mol. The molecular weight excluding hydrogens is 347 g/mol. The monoisotopic (exact) mass is 380 g/mol. The van der Waals surface area contributed by atoms with Crippen LogP contribution in [0.3, 0.4) is 0 Å². The van der Waals surface area contributed by atoms with Gasteiger partial charge in [0.25, 0.3) is 0 Å². The number of halogens is 1. The molecule has 0 heterocycles. The van der Waals surface area contributed by atoms with Crippen LogP contribution in [-0.4, -0.2) is 26.5 Å². The van der Waals surface area contributed by atoms with Crippen LogP contribution in [-0.2, 0) is 9.16 Å². The van der Waals surface area contributed by atoms with E-state index in [2.05, 4.69) is 33.9 Å². The van der Waals surface area contributed by atoms with Crippen LogP contribution in [0.2, 0.25) is 18.1 Å². The summed E-state index contributed by atoms with van der Waals surface area (Å²) in [4.78, 5) is 12.1. The molecule has 1 aromatic rings. The predicted octanol–water partition coefficient (Wildman–Crippen LogP) is 6.21. The third-order valence-corrected chi connectivity index (χ3v) is 9.04. The van der Waals surface area contributed by atoms with E-state index in [-0.39, 0.29) is 10.6 Å². The second-order valence-corrected chi connectivity index (χ2v) is 13.8. The number of hydrogen-bond acceptors (Lipinski definition) is 3. The highest BCUT2D eigenvalue weighted by Crippen LogP contribution is 2.36. The van der Waals surface area contributed by atoms with Crippen LogP contribution >= 0.6 is 0 Å². The van der Waals surface area contributed by atoms with Crippen molar-refractivity contribution in [2.75, 3.05) is 6.61 Å². The van der Waals surface area contributed by atoms with Gasteiger partial charge in [0.05, 0.1) is 5.56 Å². The minimum absolute atomic E-state index is 0.0420. The Balaban J connectivity index is 2.73. The summed E-state index contributed by atoms with van der Waals surface area (Å²) in [5.41, 5.74) is -0.323. The number of carbonyl (C=O) groups is 1. The summed E-state index contributed by atoms with van der Waals surface area (Å²) in [5.74, 6) is -1.20. The van der Waals surface area contributed by atoms with E-state index in [9.17, 15) is 9.18 Å². The van der Waals surface area contributed by atoms with Gasteiger partial charge >= 0.3 is 5.97 Å². The van der Waals surface area contributed by atoms with Crippen LogP contribution in [0, 0.1) is 5.82 Å². The van der Waals surface area contributed by atoms with E-state index in [1.165, 1.54) is 6.07 Å². The van der Waals surface area contributed by atoms with Gasteiger partial charge in [-0.25, -0.2) is 9.18 Å². The molecule has 0 aliphatic rings. The van der Waals surface area contributed by atoms with Gasteiger partial charge in [-0.1, -0.05) is 45.1 Å². The summed E-state index contributed by atoms with van der Waals surface area (Å²) in [7, 11) is -1.76. The summed E-state index contributed by atoms with van der Waals surface area (Å²) in [6, 6.07) is 4.75. The molecule has 0 saturated heterocycles. The summed E-state index contributed by atoms with van der Waals surface area (Å²) in [6.45, 7) is 16.9. The van der Waals surface area contributed by atoms with Gasteiger partial charge in [0.1, 0.15) is 11.4 Å². The maximum Gasteiger partial charge on any atom is 0.341 e. The fourth-order valence-electron chi connectivity index (χ4n) is 1.98. The van der Waals surface area contributed by atoms with Gasteiger partial charge in [-0.05, 0) is 51.4 Å². The number of rotatable bonds is 6. The third kappa shape index (κ3) is 6.69. The van der Waals surface area contributed by atoms with Gasteiger partial charge in [0.2, 0.25) is 0 Å². The van der Waals surface area contributed by atoms with E-state index in [1.807, 2.05) is 6.08 Å². The van der Waals surface area contributed by atoms with Crippen LogP contribution in [0.25, 0.3) is 6.08 Å². The molecule has 0 bridgehead atoms. The van der Waals surface area contributed by atoms with Crippen LogP contribution < -0.4 is 0 Å². The Bertz CT molecular complexity index is 652. The molecule has 0 aliphatic carbocycles. The SMILES string of the molecule is CC(C)(C)OC(=O)c1cccc(/C=C\CCO[Si](C)(C)C(C)(C)C)c1F. The lowest BCUT2D eigenvalue weighted by molar-refractivity contribution is 0.00646. The molecule has 146 valence electrons. The van der Waals surface area contributed by atoms with Gasteiger partial charge in [-0.2, -0.15) is 0 Å². The van der Waals surface area contributed by atoms with Gasteiger partial charge in [-0.3, -0.25) is 0 Å². The van der Waals surface area contributed by atoms with Crippen LogP contribution in [0.4, 0.5) is 4.39 Å². The van der Waals surface area contributed by atoms with Crippen molar-refractivity contribution >= 4 is 20.4 Å². The van der Waals surface area contributed by atoms with Crippen LogP contribution in [0.1, 0.15) is 63.9 Å². The smallest absolute Gasteiger partial charge is 0.341 e. The molecule has 0 N–H and O–H groups in total. The molecule has 1 aromatic carbocycles. The second kappa shape index (κ2) is 8.48. The molecule has 0 spiro atoms. The van der Waals surface area contributed by atoms with Crippen molar-refractivity contribution < 1.29 is 18.3 Å². The minimum atomic E-state index is -1.76. The Morgan fingerprint density at radius 1 is 1.15 bits per heavy atom. The zero-order valence-corrected chi connectivity index (χ0v) is 18.4. The molecular formula is C21H33FO3Si. The first-order chi connectivity index (χ1) is 11.7. The highest BCUT2D eigenvalue weighted by atomic mass is 28.4. The number of ether oxygens (including phenoxy) is 1. The van der Waals surface area contributed by atoms with Crippen LogP contribution in [0.5, 0.6) is 0 Å².